The second-order valence-electron chi connectivity index (χ2n) is 5.56. The van der Waals surface area contributed by atoms with Gasteiger partial charge in [0.05, 0.1) is 5.03 Å². The van der Waals surface area contributed by atoms with Crippen molar-refractivity contribution in [3.63, 3.8) is 0 Å². The maximum absolute atomic E-state index is 10.8. The molecule has 0 aliphatic heterocycles. The van der Waals surface area contributed by atoms with Gasteiger partial charge < -0.3 is 31.5 Å². The molecule has 1 atom stereocenters. The molecule has 0 saturated heterocycles. The minimum absolute atomic E-state index is 0. The van der Waals surface area contributed by atoms with Crippen LogP contribution in [-0.2, 0) is 20.8 Å². The highest BCUT2D eigenvalue weighted by Gasteiger charge is 2.28. The molecule has 2 aromatic rings. The predicted molar refractivity (Wildman–Crippen MR) is 98.3 cm³/mol. The summed E-state index contributed by atoms with van der Waals surface area (Å²) in [6, 6.07) is 7.25. The zero-order valence-corrected chi connectivity index (χ0v) is 15.7. The Hall–Kier alpha value is -2.85. The maximum atomic E-state index is 10.8. The van der Waals surface area contributed by atoms with Crippen molar-refractivity contribution in [2.45, 2.75) is 12.5 Å². The number of hydrogen-bond acceptors (Lipinski definition) is 5. The van der Waals surface area contributed by atoms with Gasteiger partial charge in [-0.25, -0.2) is 4.79 Å². The number of carbonyl (C=O) groups is 3. The molecule has 1 aromatic carbocycles. The number of benzene rings is 1. The van der Waals surface area contributed by atoms with E-state index in [9.17, 15) is 19.5 Å². The number of quaternary nitrogens is 1. The number of nitrogens with one attached hydrogen (secondary N) is 1. The quantitative estimate of drug-likeness (QED) is 0.475. The second kappa shape index (κ2) is 9.38. The highest BCUT2D eigenvalue weighted by Crippen LogP contribution is 2.24. The van der Waals surface area contributed by atoms with E-state index in [1.165, 1.54) is 0 Å². The zero-order chi connectivity index (χ0) is 20.3. The van der Waals surface area contributed by atoms with Crippen molar-refractivity contribution >= 4 is 51.6 Å². The Morgan fingerprint density at radius 3 is 2.39 bits per heavy atom. The van der Waals surface area contributed by atoms with E-state index >= 15 is 0 Å². The van der Waals surface area contributed by atoms with Gasteiger partial charge in [0.1, 0.15) is 5.03 Å². The summed E-state index contributed by atoms with van der Waals surface area (Å²) in [5, 5.41) is 27.8. The molecule has 1 aliphatic rings. The first-order chi connectivity index (χ1) is 12.6. The lowest BCUT2D eigenvalue weighted by atomic mass is 10.1. The van der Waals surface area contributed by atoms with Crippen molar-refractivity contribution in [1.82, 2.24) is 4.98 Å². The minimum atomic E-state index is -1.19. The van der Waals surface area contributed by atoms with E-state index in [1.807, 2.05) is 30.5 Å². The summed E-state index contributed by atoms with van der Waals surface area (Å²) >= 11 is 10.3. The maximum Gasteiger partial charge on any atom is 0.362 e. The number of aromatic nitrogens is 1. The monoisotopic (exact) mass is 430 g/mol. The number of Topliss-reactive ketones (excluding diaryl/α,β-unsaturated/α-hetero) is 2. The molecule has 1 aliphatic carbocycles. The zero-order valence-electron chi connectivity index (χ0n) is 14.2. The van der Waals surface area contributed by atoms with E-state index in [0.717, 1.165) is 16.5 Å². The summed E-state index contributed by atoms with van der Waals surface area (Å²) in [6.45, 7) is 0. The lowest BCUT2D eigenvalue weighted by molar-refractivity contribution is -0.407. The Morgan fingerprint density at radius 1 is 1.18 bits per heavy atom. The van der Waals surface area contributed by atoms with Gasteiger partial charge in [-0.1, -0.05) is 41.4 Å². The molecule has 28 heavy (non-hydrogen) atoms. The fourth-order valence-corrected chi connectivity index (χ4v) is 2.61. The van der Waals surface area contributed by atoms with Gasteiger partial charge in [-0.2, -0.15) is 0 Å². The number of aliphatic carboxylic acids is 1. The number of hydrogen-bond donors (Lipinski definition) is 4. The van der Waals surface area contributed by atoms with E-state index in [1.54, 1.807) is 0 Å². The lowest BCUT2D eigenvalue weighted by Crippen LogP contribution is -2.65. The van der Waals surface area contributed by atoms with E-state index in [0.29, 0.717) is 6.42 Å². The lowest BCUT2D eigenvalue weighted by Gasteiger charge is -2.17. The average molecular weight is 431 g/mol. The van der Waals surface area contributed by atoms with Crippen LogP contribution >= 0.6 is 23.2 Å². The fourth-order valence-electron chi connectivity index (χ4n) is 2.27. The number of carboxylic acid groups (broad SMARTS) is 1. The van der Waals surface area contributed by atoms with Gasteiger partial charge in [0.15, 0.2) is 17.6 Å². The third kappa shape index (κ3) is 4.70. The molecule has 1 aromatic heterocycles. The van der Waals surface area contributed by atoms with Crippen LogP contribution in [0.4, 0.5) is 0 Å². The van der Waals surface area contributed by atoms with Crippen molar-refractivity contribution in [2.24, 2.45) is 0 Å². The SMILES string of the molecule is O.O=C1C(O)=C(Cl)C(=O)C([O-])=C1Cl.[NH3+][C@@H](Cc1c[nH]c2ccccc12)C(=O)O. The fraction of sp³-hybridized carbons (Fsp3) is 0.118. The largest absolute Gasteiger partial charge is 0.869 e. The van der Waals surface area contributed by atoms with Crippen molar-refractivity contribution in [1.29, 1.82) is 0 Å². The number of carboxylic acids is 1. The van der Waals surface area contributed by atoms with E-state index in [4.69, 9.17) is 33.4 Å². The van der Waals surface area contributed by atoms with E-state index < -0.39 is 45.2 Å². The molecular formula is C17H16Cl2N2O7. The number of rotatable bonds is 3. The Bertz CT molecular complexity index is 932. The second-order valence-corrected chi connectivity index (χ2v) is 6.32. The van der Waals surface area contributed by atoms with Crippen molar-refractivity contribution in [2.75, 3.05) is 0 Å². The molecule has 150 valence electrons. The number of ketones is 2. The van der Waals surface area contributed by atoms with Crippen LogP contribution in [0.15, 0.2) is 52.0 Å². The Morgan fingerprint density at radius 2 is 1.79 bits per heavy atom. The summed E-state index contributed by atoms with van der Waals surface area (Å²) < 4.78 is 0. The standard InChI is InChI=1S/C11H12N2O2.C6H2Cl2O4.H2O/c12-9(11(14)15)5-7-6-13-10-4-2-1-3-8(7)10;7-1-3(9)5(11)2(8)6(12)4(1)10;/h1-4,6,9,13H,5,12H2,(H,14,15);9,12H;1H2/t9-;;/m0../s1. The number of H-pyrrole nitrogens is 1. The van der Waals surface area contributed by atoms with Crippen LogP contribution in [0.5, 0.6) is 0 Å². The molecule has 8 N–H and O–H groups in total. The minimum Gasteiger partial charge on any atom is -0.869 e. The smallest absolute Gasteiger partial charge is 0.362 e. The molecule has 0 unspecified atom stereocenters. The number of para-hydroxylation sites is 1. The Balaban J connectivity index is 0.000000277. The van der Waals surface area contributed by atoms with Gasteiger partial charge in [-0.05, 0) is 17.4 Å². The van der Waals surface area contributed by atoms with Gasteiger partial charge in [-0.15, -0.1) is 0 Å². The summed E-state index contributed by atoms with van der Waals surface area (Å²) in [6.07, 6.45) is 2.31. The number of halogens is 2. The summed E-state index contributed by atoms with van der Waals surface area (Å²) in [4.78, 5) is 35.3. The first-order valence-corrected chi connectivity index (χ1v) is 8.26. The third-order valence-corrected chi connectivity index (χ3v) is 4.41. The predicted octanol–water partition coefficient (Wildman–Crippen LogP) is -0.462. The van der Waals surface area contributed by atoms with Crippen LogP contribution in [0.1, 0.15) is 5.56 Å². The molecule has 0 radical (unpaired) electrons. The highest BCUT2D eigenvalue weighted by molar-refractivity contribution is 6.55. The third-order valence-electron chi connectivity index (χ3n) is 3.72. The highest BCUT2D eigenvalue weighted by atomic mass is 35.5. The molecule has 0 bridgehead atoms. The van der Waals surface area contributed by atoms with E-state index in [2.05, 4.69) is 10.7 Å². The first kappa shape index (κ1) is 23.2. The van der Waals surface area contributed by atoms with Gasteiger partial charge in [0.25, 0.3) is 0 Å². The summed E-state index contributed by atoms with van der Waals surface area (Å²) in [5.74, 6) is -5.32. The Kier molecular flexibility index (Phi) is 7.77. The molecule has 11 heteroatoms. The van der Waals surface area contributed by atoms with Crippen LogP contribution in [0.3, 0.4) is 0 Å². The van der Waals surface area contributed by atoms with E-state index in [-0.39, 0.29) is 5.48 Å². The average Bonchev–Trinajstić information content (AvgIpc) is 3.06. The molecular weight excluding hydrogens is 415 g/mol. The van der Waals surface area contributed by atoms with Crippen LogP contribution < -0.4 is 10.8 Å². The van der Waals surface area contributed by atoms with Crippen LogP contribution in [0.2, 0.25) is 0 Å². The Labute approximate surface area is 168 Å². The van der Waals surface area contributed by atoms with Crippen LogP contribution in [0, 0.1) is 0 Å². The molecule has 9 nitrogen and oxygen atoms in total. The number of carbonyl (C=O) groups excluding carboxylic acids is 2. The molecule has 0 fully saturated rings. The van der Waals surface area contributed by atoms with Crippen LogP contribution in [-0.4, -0.2) is 44.3 Å². The number of aliphatic hydroxyl groups excluding tert-OH is 1. The molecule has 1 heterocycles. The van der Waals surface area contributed by atoms with Gasteiger partial charge in [0.2, 0.25) is 5.78 Å². The topological polar surface area (TPSA) is 190 Å². The number of fused-ring (bicyclic) bond motifs is 1. The van der Waals surface area contributed by atoms with Crippen molar-refractivity contribution in [3.05, 3.63) is 57.6 Å². The molecule has 0 saturated carbocycles. The molecule has 0 amide bonds. The molecule has 0 spiro atoms. The van der Waals surface area contributed by atoms with Crippen LogP contribution in [0.25, 0.3) is 10.9 Å². The first-order valence-electron chi connectivity index (χ1n) is 7.51. The van der Waals surface area contributed by atoms with Crippen molar-refractivity contribution < 1.29 is 40.9 Å². The summed E-state index contributed by atoms with van der Waals surface area (Å²) in [7, 11) is 0. The normalized spacial score (nSPS) is 15.1. The number of allylic oxidation sites excluding steroid dienone is 2. The summed E-state index contributed by atoms with van der Waals surface area (Å²) in [5.41, 5.74) is 5.65. The van der Waals surface area contributed by atoms with Gasteiger partial charge >= 0.3 is 5.97 Å². The number of aromatic amines is 1. The van der Waals surface area contributed by atoms with Gasteiger partial charge in [-0.3, -0.25) is 9.59 Å². The number of aliphatic hydroxyl groups is 1. The van der Waals surface area contributed by atoms with Gasteiger partial charge in [0, 0.05) is 23.5 Å². The van der Waals surface area contributed by atoms with Crippen molar-refractivity contribution in [3.8, 4) is 0 Å². The molecule has 3 rings (SSSR count).